The Morgan fingerprint density at radius 3 is 2.38 bits per heavy atom. The van der Waals surface area contributed by atoms with Gasteiger partial charge in [-0.3, -0.25) is 0 Å². The van der Waals surface area contributed by atoms with Crippen LogP contribution in [-0.2, 0) is 6.18 Å². The molecule has 16 heavy (non-hydrogen) atoms. The number of benzene rings is 1. The molecular weight excluding hydrogens is 292 g/mol. The Kier molecular flexibility index (Phi) is 3.75. The Morgan fingerprint density at radius 2 is 1.94 bits per heavy atom. The minimum Gasteiger partial charge on any atom is -0.384 e. The van der Waals surface area contributed by atoms with Crippen LogP contribution in [0.15, 0.2) is 29.3 Å². The highest BCUT2D eigenvalue weighted by molar-refractivity contribution is 9.10. The molecule has 1 aromatic carbocycles. The van der Waals surface area contributed by atoms with Crippen LogP contribution in [0.5, 0.6) is 0 Å². The molecule has 1 unspecified atom stereocenters. The van der Waals surface area contributed by atoms with Crippen LogP contribution < -0.4 is 0 Å². The lowest BCUT2D eigenvalue weighted by atomic mass is 10.0. The van der Waals surface area contributed by atoms with E-state index in [2.05, 4.69) is 22.5 Å². The summed E-state index contributed by atoms with van der Waals surface area (Å²) in [6.07, 6.45) is -5.33. The zero-order chi connectivity index (χ0) is 12.5. The topological polar surface area (TPSA) is 20.2 Å². The van der Waals surface area contributed by atoms with E-state index in [1.807, 2.05) is 0 Å². The third-order valence-electron chi connectivity index (χ3n) is 1.91. The molecule has 0 aliphatic carbocycles. The fraction of sp³-hybridized carbons (Fsp3) is 0.200. The van der Waals surface area contributed by atoms with E-state index in [-0.39, 0.29) is 4.47 Å². The molecule has 0 radical (unpaired) electrons. The quantitative estimate of drug-likeness (QED) is 0.650. The van der Waals surface area contributed by atoms with Crippen LogP contribution in [0.1, 0.15) is 17.2 Å². The zero-order valence-corrected chi connectivity index (χ0v) is 9.44. The van der Waals surface area contributed by atoms with Gasteiger partial charge in [0.25, 0.3) is 0 Å². The lowest BCUT2D eigenvalue weighted by Crippen LogP contribution is -2.11. The van der Waals surface area contributed by atoms with E-state index in [0.717, 1.165) is 12.1 Å². The van der Waals surface area contributed by atoms with Gasteiger partial charge in [0.15, 0.2) is 0 Å². The van der Waals surface area contributed by atoms with Gasteiger partial charge in [-0.15, -0.1) is 6.58 Å². The number of alkyl halides is 3. The van der Waals surface area contributed by atoms with Crippen molar-refractivity contribution in [2.75, 3.05) is 0 Å². The highest BCUT2D eigenvalue weighted by Crippen LogP contribution is 2.36. The molecule has 0 heterocycles. The first-order chi connectivity index (χ1) is 7.27. The Bertz CT molecular complexity index is 414. The number of hydrogen-bond acceptors (Lipinski definition) is 1. The van der Waals surface area contributed by atoms with Crippen LogP contribution in [0, 0.1) is 5.82 Å². The second-order valence-corrected chi connectivity index (χ2v) is 3.95. The SMILES string of the molecule is C=CC(O)c1cc(Br)cc(C(F)(F)F)c1F. The predicted octanol–water partition coefficient (Wildman–Crippen LogP) is 3.83. The molecule has 88 valence electrons. The van der Waals surface area contributed by atoms with E-state index in [1.165, 1.54) is 0 Å². The van der Waals surface area contributed by atoms with Gasteiger partial charge in [0.2, 0.25) is 0 Å². The molecule has 1 N–H and O–H groups in total. The molecule has 1 aromatic rings. The molecule has 0 aliphatic rings. The summed E-state index contributed by atoms with van der Waals surface area (Å²) in [7, 11) is 0. The average Bonchev–Trinajstić information content (AvgIpc) is 2.18. The van der Waals surface area contributed by atoms with Crippen molar-refractivity contribution in [1.82, 2.24) is 0 Å². The molecule has 1 nitrogen and oxygen atoms in total. The van der Waals surface area contributed by atoms with Crippen molar-refractivity contribution in [2.45, 2.75) is 12.3 Å². The first kappa shape index (κ1) is 13.2. The molecule has 0 saturated carbocycles. The van der Waals surface area contributed by atoms with E-state index < -0.39 is 29.2 Å². The number of rotatable bonds is 2. The summed E-state index contributed by atoms with van der Waals surface area (Å²) in [6, 6.07) is 1.70. The van der Waals surface area contributed by atoms with Crippen LogP contribution in [0.3, 0.4) is 0 Å². The van der Waals surface area contributed by atoms with Crippen molar-refractivity contribution in [1.29, 1.82) is 0 Å². The Balaban J connectivity index is 3.43. The Labute approximate surface area is 97.5 Å². The average molecular weight is 299 g/mol. The van der Waals surface area contributed by atoms with Gasteiger partial charge in [0, 0.05) is 10.0 Å². The van der Waals surface area contributed by atoms with Crippen molar-refractivity contribution in [3.05, 3.63) is 46.2 Å². The van der Waals surface area contributed by atoms with E-state index in [9.17, 15) is 22.7 Å². The summed E-state index contributed by atoms with van der Waals surface area (Å²) < 4.78 is 50.7. The van der Waals surface area contributed by atoms with E-state index in [0.29, 0.717) is 6.07 Å². The predicted molar refractivity (Wildman–Crippen MR) is 54.3 cm³/mol. The van der Waals surface area contributed by atoms with E-state index >= 15 is 0 Å². The van der Waals surface area contributed by atoms with Crippen LogP contribution in [0.4, 0.5) is 17.6 Å². The number of aliphatic hydroxyl groups excluding tert-OH is 1. The maximum absolute atomic E-state index is 13.4. The van der Waals surface area contributed by atoms with Crippen molar-refractivity contribution < 1.29 is 22.7 Å². The summed E-state index contributed by atoms with van der Waals surface area (Å²) >= 11 is 2.83. The van der Waals surface area contributed by atoms with Crippen LogP contribution >= 0.6 is 15.9 Å². The van der Waals surface area contributed by atoms with Crippen molar-refractivity contribution in [3.63, 3.8) is 0 Å². The summed E-state index contributed by atoms with van der Waals surface area (Å²) in [4.78, 5) is 0. The molecule has 0 amide bonds. The van der Waals surface area contributed by atoms with Crippen molar-refractivity contribution in [2.24, 2.45) is 0 Å². The van der Waals surface area contributed by atoms with E-state index in [1.54, 1.807) is 0 Å². The second-order valence-electron chi connectivity index (χ2n) is 3.03. The summed E-state index contributed by atoms with van der Waals surface area (Å²) in [5.41, 5.74) is -1.88. The van der Waals surface area contributed by atoms with Gasteiger partial charge in [-0.25, -0.2) is 4.39 Å². The number of aliphatic hydroxyl groups is 1. The third-order valence-corrected chi connectivity index (χ3v) is 2.37. The standard InChI is InChI=1S/C10H7BrF4O/c1-2-8(16)6-3-5(11)4-7(9(6)12)10(13,14)15/h2-4,8,16H,1H2. The monoisotopic (exact) mass is 298 g/mol. The van der Waals surface area contributed by atoms with Crippen molar-refractivity contribution >= 4 is 15.9 Å². The fourth-order valence-electron chi connectivity index (χ4n) is 1.16. The maximum atomic E-state index is 13.4. The molecule has 0 spiro atoms. The second kappa shape index (κ2) is 4.55. The van der Waals surface area contributed by atoms with Gasteiger partial charge >= 0.3 is 6.18 Å². The highest BCUT2D eigenvalue weighted by Gasteiger charge is 2.36. The number of halogens is 5. The van der Waals surface area contributed by atoms with Gasteiger partial charge in [0.1, 0.15) is 5.82 Å². The fourth-order valence-corrected chi connectivity index (χ4v) is 1.63. The molecule has 0 fully saturated rings. The summed E-state index contributed by atoms with van der Waals surface area (Å²) in [5.74, 6) is -1.48. The molecule has 1 atom stereocenters. The number of hydrogen-bond donors (Lipinski definition) is 1. The molecule has 6 heteroatoms. The first-order valence-electron chi connectivity index (χ1n) is 4.14. The molecule has 0 saturated heterocycles. The minimum atomic E-state index is -4.80. The molecule has 0 aliphatic heterocycles. The van der Waals surface area contributed by atoms with Gasteiger partial charge in [-0.1, -0.05) is 22.0 Å². The normalized spacial score (nSPS) is 13.6. The lowest BCUT2D eigenvalue weighted by molar-refractivity contribution is -0.140. The smallest absolute Gasteiger partial charge is 0.384 e. The first-order valence-corrected chi connectivity index (χ1v) is 4.93. The summed E-state index contributed by atoms with van der Waals surface area (Å²) in [5, 5.41) is 9.28. The highest BCUT2D eigenvalue weighted by atomic mass is 79.9. The van der Waals surface area contributed by atoms with Gasteiger partial charge in [-0.2, -0.15) is 13.2 Å². The van der Waals surface area contributed by atoms with Gasteiger partial charge in [0.05, 0.1) is 11.7 Å². The molecule has 1 rings (SSSR count). The maximum Gasteiger partial charge on any atom is 0.419 e. The molecule has 0 aromatic heterocycles. The summed E-state index contributed by atoms with van der Waals surface area (Å²) in [6.45, 7) is 3.19. The lowest BCUT2D eigenvalue weighted by Gasteiger charge is -2.14. The Morgan fingerprint density at radius 1 is 1.38 bits per heavy atom. The van der Waals surface area contributed by atoms with Crippen LogP contribution in [0.2, 0.25) is 0 Å². The molecule has 0 bridgehead atoms. The zero-order valence-electron chi connectivity index (χ0n) is 7.85. The van der Waals surface area contributed by atoms with E-state index in [4.69, 9.17) is 0 Å². The molecular formula is C10H7BrF4O. The third kappa shape index (κ3) is 2.62. The van der Waals surface area contributed by atoms with Crippen molar-refractivity contribution in [3.8, 4) is 0 Å². The largest absolute Gasteiger partial charge is 0.419 e. The van der Waals surface area contributed by atoms with Gasteiger partial charge < -0.3 is 5.11 Å². The minimum absolute atomic E-state index is 0.0390. The van der Waals surface area contributed by atoms with Gasteiger partial charge in [-0.05, 0) is 12.1 Å². The Hall–Kier alpha value is -0.880. The van der Waals surface area contributed by atoms with Crippen LogP contribution in [-0.4, -0.2) is 5.11 Å². The van der Waals surface area contributed by atoms with Crippen LogP contribution in [0.25, 0.3) is 0 Å².